The molecule has 3 rings (SSSR count). The summed E-state index contributed by atoms with van der Waals surface area (Å²) in [5.74, 6) is -0.372. The monoisotopic (exact) mass is 273 g/mol. The SMILES string of the molecule is CC1CCCCC1N1Cc2ccccc2C(C(=O)O)C1. The van der Waals surface area contributed by atoms with Crippen LogP contribution in [-0.2, 0) is 11.3 Å². The number of benzene rings is 1. The Hall–Kier alpha value is -1.35. The number of hydrogen-bond donors (Lipinski definition) is 1. The van der Waals surface area contributed by atoms with Gasteiger partial charge in [0, 0.05) is 19.1 Å². The molecule has 1 aliphatic carbocycles. The minimum absolute atomic E-state index is 0.367. The number of carbonyl (C=O) groups is 1. The molecule has 2 aliphatic rings. The molecule has 1 heterocycles. The quantitative estimate of drug-likeness (QED) is 0.899. The minimum atomic E-state index is -0.689. The molecule has 20 heavy (non-hydrogen) atoms. The van der Waals surface area contributed by atoms with Gasteiger partial charge in [-0.05, 0) is 29.9 Å². The van der Waals surface area contributed by atoms with Gasteiger partial charge < -0.3 is 5.11 Å². The van der Waals surface area contributed by atoms with Crippen LogP contribution in [-0.4, -0.2) is 28.6 Å². The third-order valence-electron chi connectivity index (χ3n) is 5.05. The summed E-state index contributed by atoms with van der Waals surface area (Å²) in [5.41, 5.74) is 2.21. The summed E-state index contributed by atoms with van der Waals surface area (Å²) < 4.78 is 0. The van der Waals surface area contributed by atoms with Gasteiger partial charge in [-0.25, -0.2) is 0 Å². The van der Waals surface area contributed by atoms with E-state index in [1.807, 2.05) is 18.2 Å². The van der Waals surface area contributed by atoms with Crippen LogP contribution in [0.4, 0.5) is 0 Å². The molecule has 3 heteroatoms. The summed E-state index contributed by atoms with van der Waals surface area (Å²) in [6.07, 6.45) is 5.10. The van der Waals surface area contributed by atoms with Gasteiger partial charge in [0.25, 0.3) is 0 Å². The van der Waals surface area contributed by atoms with E-state index in [1.54, 1.807) is 0 Å². The second kappa shape index (κ2) is 5.57. The van der Waals surface area contributed by atoms with Gasteiger partial charge in [0.1, 0.15) is 0 Å². The Bertz CT molecular complexity index is 500. The Morgan fingerprint density at radius 2 is 2.00 bits per heavy atom. The lowest BCUT2D eigenvalue weighted by Gasteiger charge is -2.42. The molecule has 3 unspecified atom stereocenters. The molecule has 0 spiro atoms. The summed E-state index contributed by atoms with van der Waals surface area (Å²) in [4.78, 5) is 14.0. The Balaban J connectivity index is 1.87. The van der Waals surface area contributed by atoms with Crippen LogP contribution in [0.15, 0.2) is 24.3 Å². The highest BCUT2D eigenvalue weighted by molar-refractivity contribution is 5.77. The van der Waals surface area contributed by atoms with Crippen LogP contribution in [0.2, 0.25) is 0 Å². The van der Waals surface area contributed by atoms with Crippen LogP contribution >= 0.6 is 0 Å². The summed E-state index contributed by atoms with van der Waals surface area (Å²) in [7, 11) is 0. The Morgan fingerprint density at radius 1 is 1.25 bits per heavy atom. The van der Waals surface area contributed by atoms with Gasteiger partial charge in [0.05, 0.1) is 5.92 Å². The number of hydrogen-bond acceptors (Lipinski definition) is 2. The molecule has 0 amide bonds. The first-order valence-corrected chi connectivity index (χ1v) is 7.71. The molecule has 1 saturated carbocycles. The highest BCUT2D eigenvalue weighted by Crippen LogP contribution is 2.35. The zero-order valence-corrected chi connectivity index (χ0v) is 12.1. The van der Waals surface area contributed by atoms with Gasteiger partial charge in [-0.3, -0.25) is 9.69 Å². The Morgan fingerprint density at radius 3 is 2.75 bits per heavy atom. The van der Waals surface area contributed by atoms with Crippen molar-refractivity contribution < 1.29 is 9.90 Å². The third kappa shape index (κ3) is 2.47. The van der Waals surface area contributed by atoms with E-state index in [1.165, 1.54) is 31.2 Å². The molecule has 0 radical (unpaired) electrons. The van der Waals surface area contributed by atoms with Crippen molar-refractivity contribution in [1.82, 2.24) is 4.90 Å². The van der Waals surface area contributed by atoms with Crippen LogP contribution in [0.5, 0.6) is 0 Å². The van der Waals surface area contributed by atoms with Crippen LogP contribution < -0.4 is 0 Å². The first-order chi connectivity index (χ1) is 9.66. The van der Waals surface area contributed by atoms with Crippen LogP contribution in [0, 0.1) is 5.92 Å². The predicted molar refractivity (Wildman–Crippen MR) is 78.6 cm³/mol. The smallest absolute Gasteiger partial charge is 0.312 e. The molecule has 1 aromatic carbocycles. The van der Waals surface area contributed by atoms with Crippen molar-refractivity contribution in [3.05, 3.63) is 35.4 Å². The van der Waals surface area contributed by atoms with Crippen molar-refractivity contribution in [2.24, 2.45) is 5.92 Å². The highest BCUT2D eigenvalue weighted by atomic mass is 16.4. The largest absolute Gasteiger partial charge is 0.481 e. The van der Waals surface area contributed by atoms with Crippen molar-refractivity contribution in [3.8, 4) is 0 Å². The first kappa shape index (κ1) is 13.6. The first-order valence-electron chi connectivity index (χ1n) is 7.71. The van der Waals surface area contributed by atoms with Gasteiger partial charge in [-0.1, -0.05) is 44.0 Å². The second-order valence-corrected chi connectivity index (χ2v) is 6.35. The highest BCUT2D eigenvalue weighted by Gasteiger charge is 2.35. The molecule has 108 valence electrons. The maximum Gasteiger partial charge on any atom is 0.312 e. The number of fused-ring (bicyclic) bond motifs is 1. The lowest BCUT2D eigenvalue weighted by Crippen LogP contribution is -2.46. The summed E-state index contributed by atoms with van der Waals surface area (Å²) in [6.45, 7) is 3.90. The maximum absolute atomic E-state index is 11.6. The molecule has 1 N–H and O–H groups in total. The molecule has 0 aromatic heterocycles. The fourth-order valence-corrected chi connectivity index (χ4v) is 3.94. The zero-order chi connectivity index (χ0) is 14.1. The Kier molecular flexibility index (Phi) is 3.79. The van der Waals surface area contributed by atoms with E-state index in [0.29, 0.717) is 18.5 Å². The van der Waals surface area contributed by atoms with Gasteiger partial charge in [-0.2, -0.15) is 0 Å². The molecule has 0 saturated heterocycles. The number of aliphatic carboxylic acids is 1. The maximum atomic E-state index is 11.6. The summed E-state index contributed by atoms with van der Waals surface area (Å²) >= 11 is 0. The number of carboxylic acids is 1. The fourth-order valence-electron chi connectivity index (χ4n) is 3.94. The standard InChI is InChI=1S/C17H23NO2/c1-12-6-2-5-9-16(12)18-10-13-7-3-4-8-14(13)15(11-18)17(19)20/h3-4,7-8,12,15-16H,2,5-6,9-11H2,1H3,(H,19,20). The minimum Gasteiger partial charge on any atom is -0.481 e. The molecule has 3 nitrogen and oxygen atoms in total. The topological polar surface area (TPSA) is 40.5 Å². The third-order valence-corrected chi connectivity index (χ3v) is 5.05. The molecule has 0 bridgehead atoms. The van der Waals surface area contributed by atoms with Crippen molar-refractivity contribution in [3.63, 3.8) is 0 Å². The average Bonchev–Trinajstić information content (AvgIpc) is 2.46. The number of rotatable bonds is 2. The van der Waals surface area contributed by atoms with Crippen LogP contribution in [0.3, 0.4) is 0 Å². The normalized spacial score (nSPS) is 30.8. The Labute approximate surface area is 120 Å². The fraction of sp³-hybridized carbons (Fsp3) is 0.588. The van der Waals surface area contributed by atoms with E-state index in [9.17, 15) is 9.90 Å². The summed E-state index contributed by atoms with van der Waals surface area (Å²) in [5, 5.41) is 9.54. The van der Waals surface area contributed by atoms with Gasteiger partial charge >= 0.3 is 5.97 Å². The van der Waals surface area contributed by atoms with Gasteiger partial charge in [0.2, 0.25) is 0 Å². The van der Waals surface area contributed by atoms with Crippen LogP contribution in [0.25, 0.3) is 0 Å². The van der Waals surface area contributed by atoms with Gasteiger partial charge in [-0.15, -0.1) is 0 Å². The van der Waals surface area contributed by atoms with Crippen molar-refractivity contribution in [2.75, 3.05) is 6.54 Å². The van der Waals surface area contributed by atoms with E-state index in [4.69, 9.17) is 0 Å². The van der Waals surface area contributed by atoms with Crippen molar-refractivity contribution in [2.45, 2.75) is 51.1 Å². The van der Waals surface area contributed by atoms with E-state index < -0.39 is 5.97 Å². The number of nitrogens with zero attached hydrogens (tertiary/aromatic N) is 1. The van der Waals surface area contributed by atoms with Gasteiger partial charge in [0.15, 0.2) is 0 Å². The van der Waals surface area contributed by atoms with E-state index >= 15 is 0 Å². The second-order valence-electron chi connectivity index (χ2n) is 6.35. The van der Waals surface area contributed by atoms with Crippen LogP contribution in [0.1, 0.15) is 49.7 Å². The van der Waals surface area contributed by atoms with Crippen molar-refractivity contribution in [1.29, 1.82) is 0 Å². The van der Waals surface area contributed by atoms with E-state index in [2.05, 4.69) is 17.9 Å². The molecular formula is C17H23NO2. The predicted octanol–water partition coefficient (Wildman–Crippen LogP) is 3.25. The molecule has 1 aliphatic heterocycles. The van der Waals surface area contributed by atoms with E-state index in [-0.39, 0.29) is 5.92 Å². The molecular weight excluding hydrogens is 250 g/mol. The molecule has 1 fully saturated rings. The van der Waals surface area contributed by atoms with E-state index in [0.717, 1.165) is 12.1 Å². The summed E-state index contributed by atoms with van der Waals surface area (Å²) in [6, 6.07) is 8.60. The zero-order valence-electron chi connectivity index (χ0n) is 12.1. The van der Waals surface area contributed by atoms with Crippen molar-refractivity contribution >= 4 is 5.97 Å². The average molecular weight is 273 g/mol. The lowest BCUT2D eigenvalue weighted by atomic mass is 9.82. The molecule has 1 aromatic rings. The lowest BCUT2D eigenvalue weighted by molar-refractivity contribution is -0.140. The molecule has 3 atom stereocenters. The number of carboxylic acid groups (broad SMARTS) is 1.